The molecule has 0 radical (unpaired) electrons. The summed E-state index contributed by atoms with van der Waals surface area (Å²) in [5, 5.41) is 9.89. The van der Waals surface area contributed by atoms with Gasteiger partial charge in [0.25, 0.3) is 0 Å². The summed E-state index contributed by atoms with van der Waals surface area (Å²) in [7, 11) is 4.39. The number of hydrogen-bond donors (Lipinski definition) is 2. The van der Waals surface area contributed by atoms with Crippen LogP contribution in [0.2, 0.25) is 0 Å². The Morgan fingerprint density at radius 3 is 2.86 bits per heavy atom. The molecule has 22 heavy (non-hydrogen) atoms. The Labute approximate surface area is 139 Å². The van der Waals surface area contributed by atoms with E-state index in [0.717, 1.165) is 18.5 Å². The molecule has 4 unspecified atom stereocenters. The van der Waals surface area contributed by atoms with Gasteiger partial charge in [0.1, 0.15) is 0 Å². The maximum atomic E-state index is 3.92. The van der Waals surface area contributed by atoms with E-state index in [9.17, 15) is 0 Å². The second-order valence-corrected chi connectivity index (χ2v) is 8.14. The van der Waals surface area contributed by atoms with E-state index in [1.807, 2.05) is 11.3 Å². The van der Waals surface area contributed by atoms with Crippen molar-refractivity contribution in [3.8, 4) is 0 Å². The van der Waals surface area contributed by atoms with Gasteiger partial charge in [-0.3, -0.25) is 0 Å². The summed E-state index contributed by atoms with van der Waals surface area (Å²) in [6, 6.07) is 6.40. The van der Waals surface area contributed by atoms with Crippen molar-refractivity contribution in [3.05, 3.63) is 22.4 Å². The first kappa shape index (κ1) is 16.4. The van der Waals surface area contributed by atoms with Crippen LogP contribution < -0.4 is 10.6 Å². The van der Waals surface area contributed by atoms with Gasteiger partial charge >= 0.3 is 0 Å². The van der Waals surface area contributed by atoms with E-state index in [4.69, 9.17) is 0 Å². The first-order valence-corrected chi connectivity index (χ1v) is 9.80. The average molecular weight is 322 g/mol. The molecule has 3 rings (SSSR count). The molecule has 124 valence electrons. The molecule has 2 aliphatic rings. The van der Waals surface area contributed by atoms with E-state index in [-0.39, 0.29) is 0 Å². The third kappa shape index (κ3) is 3.91. The van der Waals surface area contributed by atoms with Crippen LogP contribution in [0, 0.1) is 5.92 Å². The highest BCUT2D eigenvalue weighted by atomic mass is 32.1. The Hall–Kier alpha value is -0.420. The van der Waals surface area contributed by atoms with Gasteiger partial charge in [-0.05, 0) is 63.7 Å². The molecule has 2 fully saturated rings. The van der Waals surface area contributed by atoms with Crippen LogP contribution >= 0.6 is 11.3 Å². The molecule has 1 saturated carbocycles. The van der Waals surface area contributed by atoms with Crippen molar-refractivity contribution in [2.75, 3.05) is 27.2 Å². The molecule has 2 N–H and O–H groups in total. The van der Waals surface area contributed by atoms with Crippen molar-refractivity contribution in [2.24, 2.45) is 5.92 Å². The fourth-order valence-corrected chi connectivity index (χ4v) is 5.17. The Balaban J connectivity index is 1.57. The maximum Gasteiger partial charge on any atom is 0.0561 e. The minimum atomic E-state index is 0.501. The fraction of sp³-hybridized carbons (Fsp3) is 0.778. The first-order valence-electron chi connectivity index (χ1n) is 8.92. The predicted octanol–water partition coefficient (Wildman–Crippen LogP) is 3.25. The average Bonchev–Trinajstić information content (AvgIpc) is 3.19. The Morgan fingerprint density at radius 1 is 1.27 bits per heavy atom. The van der Waals surface area contributed by atoms with Crippen molar-refractivity contribution in [2.45, 2.75) is 56.7 Å². The lowest BCUT2D eigenvalue weighted by molar-refractivity contribution is 0.234. The molecule has 4 heteroatoms. The lowest BCUT2D eigenvalue weighted by Crippen LogP contribution is -2.48. The molecule has 1 saturated heterocycles. The van der Waals surface area contributed by atoms with Crippen LogP contribution in [0.4, 0.5) is 0 Å². The molecule has 0 bridgehead atoms. The normalized spacial score (nSPS) is 30.8. The van der Waals surface area contributed by atoms with E-state index in [1.165, 1.54) is 49.9 Å². The lowest BCUT2D eigenvalue weighted by atomic mass is 9.88. The lowest BCUT2D eigenvalue weighted by Gasteiger charge is -2.34. The number of nitrogens with zero attached hydrogens (tertiary/aromatic N) is 1. The second-order valence-electron chi connectivity index (χ2n) is 7.16. The molecule has 1 aliphatic carbocycles. The number of rotatable bonds is 6. The van der Waals surface area contributed by atoms with E-state index in [2.05, 4.69) is 47.1 Å². The van der Waals surface area contributed by atoms with Gasteiger partial charge in [-0.2, -0.15) is 0 Å². The largest absolute Gasteiger partial charge is 0.314 e. The quantitative estimate of drug-likeness (QED) is 0.842. The first-order chi connectivity index (χ1) is 10.8. The van der Waals surface area contributed by atoms with E-state index >= 15 is 0 Å². The zero-order valence-corrected chi connectivity index (χ0v) is 14.9. The Kier molecular flexibility index (Phi) is 5.91. The molecule has 0 spiro atoms. The fourth-order valence-electron chi connectivity index (χ4n) is 4.25. The van der Waals surface area contributed by atoms with Gasteiger partial charge in [0, 0.05) is 23.5 Å². The number of hydrogen-bond acceptors (Lipinski definition) is 4. The van der Waals surface area contributed by atoms with Crippen molar-refractivity contribution in [1.29, 1.82) is 0 Å². The SMILES string of the molecule is CN(C)C(CNC1CCCC1C1CCCCN1)c1cccs1. The summed E-state index contributed by atoms with van der Waals surface area (Å²) in [5.41, 5.74) is 0. The smallest absolute Gasteiger partial charge is 0.0561 e. The zero-order valence-electron chi connectivity index (χ0n) is 14.1. The Bertz CT molecular complexity index is 426. The van der Waals surface area contributed by atoms with Gasteiger partial charge in [-0.25, -0.2) is 0 Å². The van der Waals surface area contributed by atoms with Crippen LogP contribution in [0.15, 0.2) is 17.5 Å². The molecule has 2 heterocycles. The molecule has 1 aliphatic heterocycles. The maximum absolute atomic E-state index is 3.92. The predicted molar refractivity (Wildman–Crippen MR) is 95.5 cm³/mol. The van der Waals surface area contributed by atoms with Crippen molar-refractivity contribution in [1.82, 2.24) is 15.5 Å². The van der Waals surface area contributed by atoms with Crippen LogP contribution in [0.25, 0.3) is 0 Å². The number of nitrogens with one attached hydrogen (secondary N) is 2. The van der Waals surface area contributed by atoms with Crippen molar-refractivity contribution < 1.29 is 0 Å². The van der Waals surface area contributed by atoms with Gasteiger partial charge in [-0.15, -0.1) is 11.3 Å². The standard InChI is InChI=1S/C18H31N3S/c1-21(2)17(18-10-6-12-22-18)13-20-16-9-5-7-14(16)15-8-3-4-11-19-15/h6,10,12,14-17,19-20H,3-5,7-9,11,13H2,1-2H3. The molecular formula is C18H31N3S. The van der Waals surface area contributed by atoms with Crippen LogP contribution in [-0.4, -0.2) is 44.2 Å². The van der Waals surface area contributed by atoms with E-state index in [0.29, 0.717) is 12.1 Å². The van der Waals surface area contributed by atoms with Crippen LogP contribution in [-0.2, 0) is 0 Å². The van der Waals surface area contributed by atoms with Crippen LogP contribution in [0.3, 0.4) is 0 Å². The number of thiophene rings is 1. The number of likely N-dealkylation sites (N-methyl/N-ethyl adjacent to an activating group) is 1. The molecule has 0 amide bonds. The van der Waals surface area contributed by atoms with Gasteiger partial charge in [-0.1, -0.05) is 18.9 Å². The molecular weight excluding hydrogens is 290 g/mol. The van der Waals surface area contributed by atoms with Crippen molar-refractivity contribution >= 4 is 11.3 Å². The minimum absolute atomic E-state index is 0.501. The van der Waals surface area contributed by atoms with Gasteiger partial charge in [0.05, 0.1) is 6.04 Å². The molecule has 3 nitrogen and oxygen atoms in total. The molecule has 1 aromatic rings. The minimum Gasteiger partial charge on any atom is -0.314 e. The molecule has 4 atom stereocenters. The third-order valence-electron chi connectivity index (χ3n) is 5.50. The molecule has 1 aromatic heterocycles. The van der Waals surface area contributed by atoms with E-state index in [1.54, 1.807) is 0 Å². The van der Waals surface area contributed by atoms with Crippen LogP contribution in [0.1, 0.15) is 49.4 Å². The second kappa shape index (κ2) is 7.91. The van der Waals surface area contributed by atoms with Gasteiger partial charge in [0.2, 0.25) is 0 Å². The number of piperidine rings is 1. The van der Waals surface area contributed by atoms with Crippen LogP contribution in [0.5, 0.6) is 0 Å². The summed E-state index contributed by atoms with van der Waals surface area (Å²) < 4.78 is 0. The van der Waals surface area contributed by atoms with Gasteiger partial charge < -0.3 is 15.5 Å². The zero-order chi connectivity index (χ0) is 15.4. The summed E-state index contributed by atoms with van der Waals surface area (Å²) in [6.07, 6.45) is 8.31. The van der Waals surface area contributed by atoms with E-state index < -0.39 is 0 Å². The monoisotopic (exact) mass is 321 g/mol. The summed E-state index contributed by atoms with van der Waals surface area (Å²) >= 11 is 1.88. The van der Waals surface area contributed by atoms with Crippen molar-refractivity contribution in [3.63, 3.8) is 0 Å². The highest BCUT2D eigenvalue weighted by Gasteiger charge is 2.34. The van der Waals surface area contributed by atoms with Gasteiger partial charge in [0.15, 0.2) is 0 Å². The topological polar surface area (TPSA) is 27.3 Å². The Morgan fingerprint density at radius 2 is 2.18 bits per heavy atom. The summed E-state index contributed by atoms with van der Waals surface area (Å²) in [6.45, 7) is 2.30. The molecule has 0 aromatic carbocycles. The highest BCUT2D eigenvalue weighted by molar-refractivity contribution is 7.10. The summed E-state index contributed by atoms with van der Waals surface area (Å²) in [5.74, 6) is 0.839. The third-order valence-corrected chi connectivity index (χ3v) is 6.48. The summed E-state index contributed by atoms with van der Waals surface area (Å²) in [4.78, 5) is 3.82. The highest BCUT2D eigenvalue weighted by Crippen LogP contribution is 2.32.